The van der Waals surface area contributed by atoms with Crippen molar-refractivity contribution in [2.75, 3.05) is 13.1 Å². The zero-order valence-corrected chi connectivity index (χ0v) is 11.0. The van der Waals surface area contributed by atoms with Crippen LogP contribution in [0.4, 0.5) is 4.79 Å². The molecule has 0 amide bonds. The molecule has 0 spiro atoms. The van der Waals surface area contributed by atoms with E-state index in [0.29, 0.717) is 0 Å². The number of rotatable bonds is 2. The number of hydrogen-bond acceptors (Lipinski definition) is 4. The number of nitrogens with one attached hydrogen (secondary N) is 1. The second-order valence-electron chi connectivity index (χ2n) is 3.77. The molecular formula is C10H17Cl2NO3. The number of carbonyl (C=O) groups excluding carboxylic acids is 2. The second kappa shape index (κ2) is 8.79. The average Bonchev–Trinajstić information content (AvgIpc) is 2.18. The van der Waals surface area contributed by atoms with Gasteiger partial charge < -0.3 is 10.1 Å². The molecule has 0 aliphatic carbocycles. The van der Waals surface area contributed by atoms with Crippen molar-refractivity contribution >= 4 is 33.9 Å². The Bertz CT molecular complexity index is 224. The Balaban J connectivity index is 0.000000487. The van der Waals surface area contributed by atoms with Gasteiger partial charge in [0.1, 0.15) is 6.10 Å². The largest absolute Gasteiger partial charge is 0.462 e. The highest BCUT2D eigenvalue weighted by Crippen LogP contribution is 2.09. The summed E-state index contributed by atoms with van der Waals surface area (Å²) < 4.78 is 4.38. The Morgan fingerprint density at radius 3 is 2.06 bits per heavy atom. The summed E-state index contributed by atoms with van der Waals surface area (Å²) in [5, 5.41) is 3.23. The summed E-state index contributed by atoms with van der Waals surface area (Å²) in [6, 6.07) is 0. The van der Waals surface area contributed by atoms with Crippen molar-refractivity contribution in [1.29, 1.82) is 0 Å². The van der Waals surface area contributed by atoms with E-state index in [9.17, 15) is 4.79 Å². The predicted octanol–water partition coefficient (Wildman–Crippen LogP) is 2.52. The Labute approximate surface area is 106 Å². The molecule has 0 radical (unpaired) electrons. The third kappa shape index (κ3) is 8.95. The third-order valence-electron chi connectivity index (χ3n) is 2.04. The quantitative estimate of drug-likeness (QED) is 0.618. The number of halogens is 2. The van der Waals surface area contributed by atoms with E-state index in [1.165, 1.54) is 0 Å². The Morgan fingerprint density at radius 1 is 1.25 bits per heavy atom. The van der Waals surface area contributed by atoms with Gasteiger partial charge in [-0.1, -0.05) is 13.8 Å². The van der Waals surface area contributed by atoms with Crippen molar-refractivity contribution in [3.63, 3.8) is 0 Å². The topological polar surface area (TPSA) is 55.4 Å². The Kier molecular flexibility index (Phi) is 8.61. The molecule has 1 fully saturated rings. The first-order valence-electron chi connectivity index (χ1n) is 5.19. The minimum Gasteiger partial charge on any atom is -0.462 e. The third-order valence-corrected chi connectivity index (χ3v) is 2.04. The van der Waals surface area contributed by atoms with Crippen molar-refractivity contribution in [3.05, 3.63) is 0 Å². The van der Waals surface area contributed by atoms with Crippen LogP contribution in [0.5, 0.6) is 0 Å². The minimum atomic E-state index is -0.889. The van der Waals surface area contributed by atoms with Gasteiger partial charge in [-0.15, -0.1) is 0 Å². The molecule has 1 aliphatic heterocycles. The SMILES string of the molecule is CC(C)C(=O)OC1CCNCC1.O=C(Cl)Cl. The van der Waals surface area contributed by atoms with Crippen molar-refractivity contribution in [2.45, 2.75) is 32.8 Å². The molecule has 1 aliphatic rings. The van der Waals surface area contributed by atoms with E-state index in [1.54, 1.807) is 0 Å². The Morgan fingerprint density at radius 2 is 1.69 bits per heavy atom. The molecule has 0 aromatic heterocycles. The van der Waals surface area contributed by atoms with Crippen molar-refractivity contribution in [3.8, 4) is 0 Å². The number of esters is 1. The lowest BCUT2D eigenvalue weighted by molar-refractivity contribution is -0.153. The highest BCUT2D eigenvalue weighted by atomic mass is 35.5. The molecule has 0 aromatic rings. The van der Waals surface area contributed by atoms with Gasteiger partial charge in [0.25, 0.3) is 0 Å². The van der Waals surface area contributed by atoms with Crippen molar-refractivity contribution in [2.24, 2.45) is 5.92 Å². The molecule has 0 aromatic carbocycles. The minimum absolute atomic E-state index is 0.000106. The molecule has 94 valence electrons. The van der Waals surface area contributed by atoms with Crippen LogP contribution in [-0.2, 0) is 9.53 Å². The molecule has 0 atom stereocenters. The van der Waals surface area contributed by atoms with E-state index in [2.05, 4.69) is 28.5 Å². The lowest BCUT2D eigenvalue weighted by atomic mass is 10.1. The summed E-state index contributed by atoms with van der Waals surface area (Å²) in [7, 11) is 0. The Hall–Kier alpha value is -0.320. The van der Waals surface area contributed by atoms with Crippen molar-refractivity contribution < 1.29 is 14.3 Å². The molecular weight excluding hydrogens is 253 g/mol. The summed E-state index contributed by atoms with van der Waals surface area (Å²) in [6.45, 7) is 5.67. The second-order valence-corrected chi connectivity index (χ2v) is 4.65. The van der Waals surface area contributed by atoms with Gasteiger partial charge in [0.05, 0.1) is 5.92 Å². The van der Waals surface area contributed by atoms with Gasteiger partial charge in [-0.25, -0.2) is 0 Å². The lowest BCUT2D eigenvalue weighted by Gasteiger charge is -2.23. The van der Waals surface area contributed by atoms with Crippen LogP contribution >= 0.6 is 23.2 Å². The van der Waals surface area contributed by atoms with Crippen LogP contribution in [0.25, 0.3) is 0 Å². The van der Waals surface area contributed by atoms with E-state index >= 15 is 0 Å². The molecule has 4 nitrogen and oxygen atoms in total. The summed E-state index contributed by atoms with van der Waals surface area (Å²) in [4.78, 5) is 20.1. The molecule has 1 rings (SSSR count). The number of hydrogen-bond donors (Lipinski definition) is 1. The zero-order chi connectivity index (χ0) is 12.6. The van der Waals surface area contributed by atoms with E-state index in [4.69, 9.17) is 9.53 Å². The molecule has 0 bridgehead atoms. The van der Waals surface area contributed by atoms with E-state index < -0.39 is 4.70 Å². The van der Waals surface area contributed by atoms with Crippen LogP contribution in [0.2, 0.25) is 0 Å². The van der Waals surface area contributed by atoms with Crippen LogP contribution in [0, 0.1) is 5.92 Å². The molecule has 1 N–H and O–H groups in total. The first kappa shape index (κ1) is 15.7. The molecule has 6 heteroatoms. The van der Waals surface area contributed by atoms with Gasteiger partial charge in [0.15, 0.2) is 0 Å². The lowest BCUT2D eigenvalue weighted by Crippen LogP contribution is -2.34. The average molecular weight is 270 g/mol. The van der Waals surface area contributed by atoms with E-state index in [1.807, 2.05) is 13.8 Å². The van der Waals surface area contributed by atoms with Crippen LogP contribution in [0.3, 0.4) is 0 Å². The fraction of sp³-hybridized carbons (Fsp3) is 0.800. The van der Waals surface area contributed by atoms with Crippen LogP contribution in [-0.4, -0.2) is 29.9 Å². The summed E-state index contributed by atoms with van der Waals surface area (Å²) in [5.74, 6) is -0.0678. The van der Waals surface area contributed by atoms with Gasteiger partial charge in [-0.3, -0.25) is 9.59 Å². The zero-order valence-electron chi connectivity index (χ0n) is 9.46. The fourth-order valence-corrected chi connectivity index (χ4v) is 1.21. The predicted molar refractivity (Wildman–Crippen MR) is 63.9 cm³/mol. The van der Waals surface area contributed by atoms with Crippen LogP contribution in [0.15, 0.2) is 0 Å². The highest BCUT2D eigenvalue weighted by molar-refractivity contribution is 6.93. The van der Waals surface area contributed by atoms with Gasteiger partial charge in [-0.2, -0.15) is 0 Å². The smallest absolute Gasteiger partial charge is 0.313 e. The van der Waals surface area contributed by atoms with E-state index in [-0.39, 0.29) is 18.0 Å². The van der Waals surface area contributed by atoms with Crippen LogP contribution < -0.4 is 5.32 Å². The number of carbonyl (C=O) groups is 2. The maximum absolute atomic E-state index is 11.2. The van der Waals surface area contributed by atoms with Crippen LogP contribution in [0.1, 0.15) is 26.7 Å². The summed E-state index contributed by atoms with van der Waals surface area (Å²) in [6.07, 6.45) is 2.07. The monoisotopic (exact) mass is 269 g/mol. The summed E-state index contributed by atoms with van der Waals surface area (Å²) in [5.41, 5.74) is 0. The molecule has 0 saturated carbocycles. The number of ether oxygens (including phenoxy) is 1. The highest BCUT2D eigenvalue weighted by Gasteiger charge is 2.18. The van der Waals surface area contributed by atoms with Gasteiger partial charge in [-0.05, 0) is 49.1 Å². The van der Waals surface area contributed by atoms with Gasteiger partial charge >= 0.3 is 10.7 Å². The maximum Gasteiger partial charge on any atom is 0.313 e. The van der Waals surface area contributed by atoms with Crippen molar-refractivity contribution in [1.82, 2.24) is 5.32 Å². The van der Waals surface area contributed by atoms with E-state index in [0.717, 1.165) is 25.9 Å². The number of piperidine rings is 1. The standard InChI is InChI=1S/C9H17NO2.CCl2O/c1-7(2)9(11)12-8-3-5-10-6-4-8;2-1(3)4/h7-8,10H,3-6H2,1-2H3;. The molecule has 1 saturated heterocycles. The maximum atomic E-state index is 11.2. The van der Waals surface area contributed by atoms with Gasteiger partial charge in [0, 0.05) is 0 Å². The molecule has 16 heavy (non-hydrogen) atoms. The normalized spacial score (nSPS) is 16.3. The fourth-order valence-electron chi connectivity index (χ4n) is 1.21. The molecule has 1 heterocycles. The van der Waals surface area contributed by atoms with Gasteiger partial charge in [0.2, 0.25) is 0 Å². The first-order chi connectivity index (χ1) is 7.43. The molecule has 0 unspecified atom stereocenters. The first-order valence-corrected chi connectivity index (χ1v) is 5.95. The summed E-state index contributed by atoms with van der Waals surface area (Å²) >= 11 is 8.80.